The van der Waals surface area contributed by atoms with E-state index in [0.29, 0.717) is 36.7 Å². The molecule has 8 nitrogen and oxygen atoms in total. The molecule has 0 fully saturated rings. The first-order valence-electron chi connectivity index (χ1n) is 12.6. The van der Waals surface area contributed by atoms with Gasteiger partial charge in [-0.15, -0.1) is 0 Å². The van der Waals surface area contributed by atoms with Gasteiger partial charge in [-0.3, -0.25) is 4.79 Å². The number of likely N-dealkylation sites (N-methyl/N-ethyl adjacent to an activating group) is 1. The van der Waals surface area contributed by atoms with Crippen molar-refractivity contribution in [3.05, 3.63) is 23.8 Å². The maximum Gasteiger partial charge on any atom is 0.319 e. The third kappa shape index (κ3) is 7.69. The highest BCUT2D eigenvalue weighted by Gasteiger charge is 2.39. The van der Waals surface area contributed by atoms with Gasteiger partial charge in [0.1, 0.15) is 11.9 Å². The molecule has 0 radical (unpaired) electrons. The maximum absolute atomic E-state index is 13.8. The van der Waals surface area contributed by atoms with Crippen LogP contribution in [0.15, 0.2) is 18.2 Å². The average molecular weight is 507 g/mol. The van der Waals surface area contributed by atoms with Crippen LogP contribution in [-0.2, 0) is 4.43 Å². The van der Waals surface area contributed by atoms with Gasteiger partial charge < -0.3 is 30.0 Å². The Morgan fingerprint density at radius 2 is 1.91 bits per heavy atom. The van der Waals surface area contributed by atoms with Crippen LogP contribution in [0.25, 0.3) is 0 Å². The summed E-state index contributed by atoms with van der Waals surface area (Å²) in [7, 11) is -0.0612. The minimum Gasteiger partial charge on any atom is -0.488 e. The fourth-order valence-corrected chi connectivity index (χ4v) is 4.80. The minimum absolute atomic E-state index is 0.00494. The van der Waals surface area contributed by atoms with Gasteiger partial charge >= 0.3 is 6.03 Å². The lowest BCUT2D eigenvalue weighted by molar-refractivity contribution is 0.0424. The van der Waals surface area contributed by atoms with Crippen molar-refractivity contribution in [2.45, 2.75) is 84.8 Å². The van der Waals surface area contributed by atoms with Gasteiger partial charge in [-0.25, -0.2) is 4.79 Å². The van der Waals surface area contributed by atoms with Crippen molar-refractivity contribution in [3.8, 4) is 5.75 Å². The summed E-state index contributed by atoms with van der Waals surface area (Å²) in [6.45, 7) is 20.7. The Morgan fingerprint density at radius 1 is 1.26 bits per heavy atom. The molecular weight excluding hydrogens is 460 g/mol. The van der Waals surface area contributed by atoms with Crippen LogP contribution in [0.1, 0.15) is 58.8 Å². The molecule has 0 spiro atoms. The molecule has 0 saturated carbocycles. The summed E-state index contributed by atoms with van der Waals surface area (Å²) >= 11 is 0. The highest BCUT2D eigenvalue weighted by atomic mass is 28.4. The summed E-state index contributed by atoms with van der Waals surface area (Å²) in [6, 6.07) is 4.83. The van der Waals surface area contributed by atoms with Gasteiger partial charge in [0, 0.05) is 30.7 Å². The normalized spacial score (nSPS) is 20.0. The molecule has 9 heteroatoms. The number of hydrogen-bond donors (Lipinski definition) is 3. The van der Waals surface area contributed by atoms with Gasteiger partial charge in [0.05, 0.1) is 18.2 Å². The number of hydrogen-bond acceptors (Lipinski definition) is 5. The predicted octanol–water partition coefficient (Wildman–Crippen LogP) is 4.69. The predicted molar refractivity (Wildman–Crippen MR) is 145 cm³/mol. The molecule has 0 aliphatic carbocycles. The minimum atomic E-state index is -1.96. The van der Waals surface area contributed by atoms with Gasteiger partial charge in [-0.05, 0) is 64.2 Å². The lowest BCUT2D eigenvalue weighted by atomic mass is 9.99. The second-order valence-corrected chi connectivity index (χ2v) is 16.3. The van der Waals surface area contributed by atoms with Gasteiger partial charge in [0.15, 0.2) is 8.32 Å². The molecule has 3 atom stereocenters. The van der Waals surface area contributed by atoms with Crippen LogP contribution in [0, 0.1) is 5.92 Å². The van der Waals surface area contributed by atoms with E-state index in [4.69, 9.17) is 9.16 Å². The first-order chi connectivity index (χ1) is 16.2. The highest BCUT2D eigenvalue weighted by molar-refractivity contribution is 6.74. The van der Waals surface area contributed by atoms with E-state index in [9.17, 15) is 9.59 Å². The lowest BCUT2D eigenvalue weighted by Crippen LogP contribution is -2.51. The van der Waals surface area contributed by atoms with E-state index < -0.39 is 8.32 Å². The molecule has 0 unspecified atom stereocenters. The molecule has 3 amide bonds. The van der Waals surface area contributed by atoms with Crippen molar-refractivity contribution in [1.29, 1.82) is 0 Å². The standard InChI is InChI=1S/C26H46N4O4Si/c1-17(2)28-25(32)29-20-11-12-22-21(13-20)24(31)30(15-18(3)23(34-22)14-27-8)19(4)16-33-35(9,10)26(5,6)7/h11-13,17-19,23,27H,14-16H2,1-10H3,(H2,28,29,32)/t18-,19-,23+/m1/s1. The van der Waals surface area contributed by atoms with Crippen LogP contribution < -0.4 is 20.7 Å². The Kier molecular flexibility index (Phi) is 9.78. The smallest absolute Gasteiger partial charge is 0.319 e. The van der Waals surface area contributed by atoms with Gasteiger partial charge in [0.2, 0.25) is 0 Å². The number of benzene rings is 1. The molecule has 3 N–H and O–H groups in total. The first kappa shape index (κ1) is 29.1. The van der Waals surface area contributed by atoms with E-state index in [-0.39, 0.29) is 41.1 Å². The second kappa shape index (κ2) is 11.8. The van der Waals surface area contributed by atoms with Crippen molar-refractivity contribution in [2.24, 2.45) is 5.92 Å². The van der Waals surface area contributed by atoms with Crippen LogP contribution in [0.2, 0.25) is 18.1 Å². The summed E-state index contributed by atoms with van der Waals surface area (Å²) in [6.07, 6.45) is -0.106. The van der Waals surface area contributed by atoms with Gasteiger partial charge in [-0.1, -0.05) is 27.7 Å². The van der Waals surface area contributed by atoms with Crippen LogP contribution in [0.5, 0.6) is 5.75 Å². The Labute approximate surface area is 212 Å². The Balaban J connectivity index is 2.37. The number of nitrogens with zero attached hydrogens (tertiary/aromatic N) is 1. The summed E-state index contributed by atoms with van der Waals surface area (Å²) in [4.78, 5) is 28.0. The monoisotopic (exact) mass is 506 g/mol. The number of rotatable bonds is 8. The molecule has 198 valence electrons. The maximum atomic E-state index is 13.8. The molecular formula is C26H46N4O4Si. The number of fused-ring (bicyclic) bond motifs is 1. The molecule has 1 heterocycles. The van der Waals surface area contributed by atoms with E-state index in [1.807, 2.05) is 32.7 Å². The molecule has 0 saturated heterocycles. The van der Waals surface area contributed by atoms with Crippen LogP contribution in [0.3, 0.4) is 0 Å². The zero-order valence-electron chi connectivity index (χ0n) is 23.2. The first-order valence-corrected chi connectivity index (χ1v) is 15.5. The molecule has 1 aliphatic rings. The van der Waals surface area contributed by atoms with Crippen molar-refractivity contribution < 1.29 is 18.8 Å². The van der Waals surface area contributed by atoms with Crippen molar-refractivity contribution in [2.75, 3.05) is 32.1 Å². The molecule has 1 aliphatic heterocycles. The van der Waals surface area contributed by atoms with E-state index in [2.05, 4.69) is 56.7 Å². The number of nitrogens with one attached hydrogen (secondary N) is 3. The zero-order chi connectivity index (χ0) is 26.6. The zero-order valence-corrected chi connectivity index (χ0v) is 24.2. The summed E-state index contributed by atoms with van der Waals surface area (Å²) in [5.74, 6) is 0.526. The van der Waals surface area contributed by atoms with Crippen molar-refractivity contribution in [1.82, 2.24) is 15.5 Å². The van der Waals surface area contributed by atoms with Gasteiger partial charge in [-0.2, -0.15) is 0 Å². The van der Waals surface area contributed by atoms with E-state index in [1.165, 1.54) is 0 Å². The molecule has 35 heavy (non-hydrogen) atoms. The third-order valence-corrected chi connectivity index (χ3v) is 11.5. The SMILES string of the molecule is CNC[C@@H]1Oc2ccc(NC(=O)NC(C)C)cc2C(=O)N([C@H](C)CO[Si](C)(C)C(C)(C)C)C[C@H]1C. The van der Waals surface area contributed by atoms with Crippen molar-refractivity contribution >= 4 is 25.9 Å². The number of amides is 3. The van der Waals surface area contributed by atoms with Crippen LogP contribution in [-0.4, -0.2) is 70.1 Å². The van der Waals surface area contributed by atoms with E-state index in [0.717, 1.165) is 0 Å². The van der Waals surface area contributed by atoms with E-state index >= 15 is 0 Å². The third-order valence-electron chi connectivity index (χ3n) is 6.98. The molecule has 0 bridgehead atoms. The Bertz CT molecular complexity index is 885. The number of carbonyl (C=O) groups is 2. The second-order valence-electron chi connectivity index (χ2n) is 11.5. The van der Waals surface area contributed by atoms with Gasteiger partial charge in [0.25, 0.3) is 5.91 Å². The Hall–Kier alpha value is -2.10. The topological polar surface area (TPSA) is 91.9 Å². The van der Waals surface area contributed by atoms with Crippen LogP contribution >= 0.6 is 0 Å². The molecule has 0 aromatic heterocycles. The van der Waals surface area contributed by atoms with Crippen LogP contribution in [0.4, 0.5) is 10.5 Å². The summed E-state index contributed by atoms with van der Waals surface area (Å²) < 4.78 is 12.8. The Morgan fingerprint density at radius 3 is 2.49 bits per heavy atom. The average Bonchev–Trinajstić information content (AvgIpc) is 2.73. The number of urea groups is 1. The largest absolute Gasteiger partial charge is 0.488 e. The number of carbonyl (C=O) groups excluding carboxylic acids is 2. The quantitative estimate of drug-likeness (QED) is 0.445. The fourth-order valence-electron chi connectivity index (χ4n) is 3.71. The lowest BCUT2D eigenvalue weighted by Gasteiger charge is -2.40. The van der Waals surface area contributed by atoms with Crippen molar-refractivity contribution in [3.63, 3.8) is 0 Å². The molecule has 1 aromatic carbocycles. The number of ether oxygens (including phenoxy) is 1. The summed E-state index contributed by atoms with van der Waals surface area (Å²) in [5, 5.41) is 8.93. The van der Waals surface area contributed by atoms with E-state index in [1.54, 1.807) is 18.2 Å². The summed E-state index contributed by atoms with van der Waals surface area (Å²) in [5.41, 5.74) is 0.988. The molecule has 2 rings (SSSR count). The fraction of sp³-hybridized carbons (Fsp3) is 0.692. The highest BCUT2D eigenvalue weighted by Crippen LogP contribution is 2.37. The molecule has 1 aromatic rings. The number of anilines is 1.